The number of anilines is 2. The fraction of sp³-hybridized carbons (Fsp3) is 0.480. The molecule has 2 heterocycles. The van der Waals surface area contributed by atoms with Crippen molar-refractivity contribution < 1.29 is 35.9 Å². The third-order valence-corrected chi connectivity index (χ3v) is 7.22. The summed E-state index contributed by atoms with van der Waals surface area (Å²) >= 11 is 5.87. The molecule has 0 unspecified atom stereocenters. The van der Waals surface area contributed by atoms with Crippen molar-refractivity contribution in [3.05, 3.63) is 41.0 Å². The van der Waals surface area contributed by atoms with Crippen LogP contribution in [0.2, 0.25) is 5.02 Å². The summed E-state index contributed by atoms with van der Waals surface area (Å²) in [6.07, 6.45) is -1.02. The summed E-state index contributed by atoms with van der Waals surface area (Å²) in [4.78, 5) is 31.4. The van der Waals surface area contributed by atoms with E-state index in [2.05, 4.69) is 20.4 Å². The Morgan fingerprint density at radius 1 is 1.15 bits per heavy atom. The normalized spacial score (nSPS) is 15.1. The first kappa shape index (κ1) is 30.5. The third kappa shape index (κ3) is 8.99. The molecule has 2 amide bonds. The van der Waals surface area contributed by atoms with Crippen LogP contribution in [0.25, 0.3) is 0 Å². The number of nitrogens with zero attached hydrogens (tertiary/aromatic N) is 2. The number of halogens is 4. The van der Waals surface area contributed by atoms with Gasteiger partial charge in [-0.2, -0.15) is 0 Å². The predicted molar refractivity (Wildman–Crippen MR) is 141 cm³/mol. The van der Waals surface area contributed by atoms with Crippen LogP contribution >= 0.6 is 11.6 Å². The number of sulfone groups is 1. The van der Waals surface area contributed by atoms with Gasteiger partial charge in [0.15, 0.2) is 15.7 Å². The minimum absolute atomic E-state index is 0.0326. The van der Waals surface area contributed by atoms with E-state index in [0.29, 0.717) is 38.2 Å². The Bertz CT molecular complexity index is 1340. The fourth-order valence-corrected chi connectivity index (χ4v) is 4.90. The summed E-state index contributed by atoms with van der Waals surface area (Å²) in [5, 5.41) is 5.13. The van der Waals surface area contributed by atoms with Crippen molar-refractivity contribution in [2.75, 3.05) is 29.6 Å². The van der Waals surface area contributed by atoms with Gasteiger partial charge in [-0.05, 0) is 63.8 Å². The molecule has 1 fully saturated rings. The fourth-order valence-electron chi connectivity index (χ4n) is 4.11. The Balaban J connectivity index is 1.79. The molecule has 214 valence electrons. The lowest BCUT2D eigenvalue weighted by atomic mass is 9.92. The van der Waals surface area contributed by atoms with Crippen molar-refractivity contribution in [2.24, 2.45) is 5.92 Å². The smallest absolute Gasteiger partial charge is 0.404 e. The van der Waals surface area contributed by atoms with Gasteiger partial charge < -0.3 is 20.3 Å². The molecule has 0 aliphatic carbocycles. The molecule has 3 rings (SSSR count). The Hall–Kier alpha value is -3.06. The van der Waals surface area contributed by atoms with Gasteiger partial charge in [-0.1, -0.05) is 11.6 Å². The van der Waals surface area contributed by atoms with Crippen molar-refractivity contribution in [2.45, 2.75) is 56.8 Å². The second-order valence-corrected chi connectivity index (χ2v) is 12.8. The van der Waals surface area contributed by atoms with Crippen LogP contribution in [0.15, 0.2) is 35.4 Å². The highest BCUT2D eigenvalue weighted by Crippen LogP contribution is 2.33. The molecule has 1 aliphatic rings. The second kappa shape index (κ2) is 11.6. The molecule has 2 aromatic rings. The number of pyridine rings is 1. The maximum Gasteiger partial charge on any atom is 0.573 e. The number of rotatable bonds is 7. The summed E-state index contributed by atoms with van der Waals surface area (Å²) in [5.74, 6) is -0.957. The summed E-state index contributed by atoms with van der Waals surface area (Å²) < 4.78 is 65.7. The highest BCUT2D eigenvalue weighted by atomic mass is 35.5. The number of nitrogens with one attached hydrogen (secondary N) is 2. The van der Waals surface area contributed by atoms with Gasteiger partial charge in [-0.3, -0.25) is 9.59 Å². The van der Waals surface area contributed by atoms with Gasteiger partial charge in [0.05, 0.1) is 15.6 Å². The van der Waals surface area contributed by atoms with Crippen molar-refractivity contribution >= 4 is 44.8 Å². The zero-order valence-electron chi connectivity index (χ0n) is 21.9. The minimum Gasteiger partial charge on any atom is -0.404 e. The molecule has 0 saturated carbocycles. The van der Waals surface area contributed by atoms with E-state index in [1.165, 1.54) is 12.3 Å². The topological polar surface area (TPSA) is 118 Å². The van der Waals surface area contributed by atoms with Gasteiger partial charge in [0.25, 0.3) is 5.91 Å². The van der Waals surface area contributed by atoms with Gasteiger partial charge in [-0.15, -0.1) is 13.2 Å². The molecular weight excluding hydrogens is 561 g/mol. The van der Waals surface area contributed by atoms with Crippen LogP contribution < -0.4 is 20.3 Å². The van der Waals surface area contributed by atoms with Crippen molar-refractivity contribution in [1.82, 2.24) is 10.3 Å². The molecular formula is C25H30ClF3N4O5S. The molecule has 39 heavy (non-hydrogen) atoms. The molecule has 9 nitrogen and oxygen atoms in total. The lowest BCUT2D eigenvalue weighted by Gasteiger charge is -2.34. The number of piperidine rings is 1. The molecule has 14 heteroatoms. The SMILES string of the molecule is CC(C)(C)NC(=O)CC1CCN(c2ncc(S(C)(=O)=O)cc2NC(=O)c2ccc(OC(F)(F)F)c(Cl)c2)CC1. The van der Waals surface area contributed by atoms with Crippen LogP contribution in [0.1, 0.15) is 50.4 Å². The van der Waals surface area contributed by atoms with Crippen LogP contribution in [0, 0.1) is 5.92 Å². The number of carbonyl (C=O) groups is 2. The summed E-state index contributed by atoms with van der Waals surface area (Å²) in [6.45, 7) is 6.75. The van der Waals surface area contributed by atoms with Crippen molar-refractivity contribution in [1.29, 1.82) is 0 Å². The standard InChI is InChI=1S/C25H30ClF3N4O5S/c1-24(2,3)32-21(34)11-15-7-9-33(10-8-15)22-19(13-17(14-30-22)39(4,36)37)31-23(35)16-5-6-20(18(26)12-16)38-25(27,28)29/h5-6,12-15H,7-11H2,1-4H3,(H,31,35)(H,32,34). The molecule has 2 N–H and O–H groups in total. The lowest BCUT2D eigenvalue weighted by Crippen LogP contribution is -2.42. The van der Waals surface area contributed by atoms with Crippen LogP contribution in [-0.4, -0.2) is 56.5 Å². The zero-order chi connectivity index (χ0) is 29.2. The second-order valence-electron chi connectivity index (χ2n) is 10.4. The van der Waals surface area contributed by atoms with Gasteiger partial charge in [0.1, 0.15) is 5.75 Å². The number of aromatic nitrogens is 1. The number of carbonyl (C=O) groups excluding carboxylic acids is 2. The van der Waals surface area contributed by atoms with Crippen molar-refractivity contribution in [3.8, 4) is 5.75 Å². The Morgan fingerprint density at radius 2 is 1.79 bits per heavy atom. The van der Waals surface area contributed by atoms with Gasteiger partial charge in [-0.25, -0.2) is 13.4 Å². The van der Waals surface area contributed by atoms with E-state index in [0.717, 1.165) is 24.5 Å². The third-order valence-electron chi connectivity index (χ3n) is 5.84. The summed E-state index contributed by atoms with van der Waals surface area (Å²) in [5.41, 5.74) is -0.293. The first-order chi connectivity index (χ1) is 17.9. The number of amides is 2. The number of alkyl halides is 3. The van der Waals surface area contributed by atoms with E-state index < -0.39 is 32.9 Å². The molecule has 0 radical (unpaired) electrons. The largest absolute Gasteiger partial charge is 0.573 e. The van der Waals surface area contributed by atoms with Crippen LogP contribution in [-0.2, 0) is 14.6 Å². The molecule has 0 atom stereocenters. The highest BCUT2D eigenvalue weighted by Gasteiger charge is 2.32. The zero-order valence-corrected chi connectivity index (χ0v) is 23.4. The first-order valence-electron chi connectivity index (χ1n) is 12.0. The monoisotopic (exact) mass is 590 g/mol. The minimum atomic E-state index is -4.95. The van der Waals surface area contributed by atoms with Crippen LogP contribution in [0.3, 0.4) is 0 Å². The molecule has 1 aromatic heterocycles. The maximum absolute atomic E-state index is 13.0. The molecule has 1 aliphatic heterocycles. The average Bonchev–Trinajstić information content (AvgIpc) is 2.78. The van der Waals surface area contributed by atoms with E-state index in [1.54, 1.807) is 0 Å². The molecule has 1 aromatic carbocycles. The number of hydrogen-bond acceptors (Lipinski definition) is 7. The summed E-state index contributed by atoms with van der Waals surface area (Å²) in [7, 11) is -3.66. The van der Waals surface area contributed by atoms with E-state index in [9.17, 15) is 31.2 Å². The number of hydrogen-bond donors (Lipinski definition) is 2. The van der Waals surface area contributed by atoms with Gasteiger partial charge >= 0.3 is 6.36 Å². The van der Waals surface area contributed by atoms with E-state index >= 15 is 0 Å². The first-order valence-corrected chi connectivity index (χ1v) is 14.3. The Morgan fingerprint density at radius 3 is 2.33 bits per heavy atom. The van der Waals surface area contributed by atoms with Crippen LogP contribution in [0.4, 0.5) is 24.7 Å². The Labute approximate surface area is 230 Å². The van der Waals surface area contributed by atoms with Crippen molar-refractivity contribution in [3.63, 3.8) is 0 Å². The lowest BCUT2D eigenvalue weighted by molar-refractivity contribution is -0.274. The maximum atomic E-state index is 13.0. The van der Waals surface area contributed by atoms with Gasteiger partial charge in [0.2, 0.25) is 5.91 Å². The number of ether oxygens (including phenoxy) is 1. The summed E-state index contributed by atoms with van der Waals surface area (Å²) in [6, 6.07) is 4.31. The predicted octanol–water partition coefficient (Wildman–Crippen LogP) is 4.81. The quantitative estimate of drug-likeness (QED) is 0.475. The molecule has 0 spiro atoms. The number of benzene rings is 1. The van der Waals surface area contributed by atoms with E-state index in [1.807, 2.05) is 25.7 Å². The van der Waals surface area contributed by atoms with Crippen LogP contribution in [0.5, 0.6) is 5.75 Å². The van der Waals surface area contributed by atoms with E-state index in [4.69, 9.17) is 11.6 Å². The molecule has 0 bridgehead atoms. The van der Waals surface area contributed by atoms with Gasteiger partial charge in [0, 0.05) is 43.1 Å². The van der Waals surface area contributed by atoms with E-state index in [-0.39, 0.29) is 33.5 Å². The highest BCUT2D eigenvalue weighted by molar-refractivity contribution is 7.90. The molecule has 1 saturated heterocycles. The average molecular weight is 591 g/mol. The Kier molecular flexibility index (Phi) is 9.06.